The van der Waals surface area contributed by atoms with Crippen LogP contribution in [-0.4, -0.2) is 28.9 Å². The minimum absolute atomic E-state index is 0.0668. The molecular formula is C11H7ClF3NO4. The van der Waals surface area contributed by atoms with Crippen molar-refractivity contribution in [2.24, 2.45) is 0 Å². The number of carboxylic acids is 1. The number of hydrogen-bond acceptors (Lipinski definition) is 3. The first-order valence-electron chi connectivity index (χ1n) is 5.04. The molecule has 9 heteroatoms. The predicted molar refractivity (Wildman–Crippen MR) is 62.7 cm³/mol. The van der Waals surface area contributed by atoms with Gasteiger partial charge < -0.3 is 10.4 Å². The van der Waals surface area contributed by atoms with Gasteiger partial charge in [0.1, 0.15) is 0 Å². The van der Waals surface area contributed by atoms with E-state index in [-0.39, 0.29) is 16.3 Å². The zero-order chi connectivity index (χ0) is 15.5. The van der Waals surface area contributed by atoms with Gasteiger partial charge in [0.15, 0.2) is 0 Å². The second-order valence-corrected chi connectivity index (χ2v) is 4.05. The third kappa shape index (κ3) is 4.23. The predicted octanol–water partition coefficient (Wildman–Crippen LogP) is 2.50. The number of halogens is 4. The summed E-state index contributed by atoms with van der Waals surface area (Å²) < 4.78 is 35.9. The highest BCUT2D eigenvalue weighted by Crippen LogP contribution is 2.24. The highest BCUT2D eigenvalue weighted by Gasteiger charge is 2.39. The first-order valence-corrected chi connectivity index (χ1v) is 5.42. The molecule has 0 unspecified atom stereocenters. The molecule has 0 radical (unpaired) electrons. The molecule has 2 N–H and O–H groups in total. The number of alkyl halides is 3. The van der Waals surface area contributed by atoms with E-state index in [1.54, 1.807) is 0 Å². The number of carboxylic acid groups (broad SMARTS) is 1. The van der Waals surface area contributed by atoms with E-state index >= 15 is 0 Å². The van der Waals surface area contributed by atoms with Crippen LogP contribution >= 0.6 is 11.6 Å². The Morgan fingerprint density at radius 2 is 1.85 bits per heavy atom. The minimum atomic E-state index is -5.11. The Balaban J connectivity index is 2.83. The second kappa shape index (κ2) is 5.91. The Hall–Kier alpha value is -2.09. The van der Waals surface area contributed by atoms with Crippen LogP contribution in [0, 0.1) is 0 Å². The lowest BCUT2D eigenvalue weighted by Gasteiger charge is -2.09. The van der Waals surface area contributed by atoms with Crippen LogP contribution in [0.3, 0.4) is 0 Å². The van der Waals surface area contributed by atoms with Crippen LogP contribution in [0.5, 0.6) is 0 Å². The number of anilines is 1. The van der Waals surface area contributed by atoms with Crippen molar-refractivity contribution in [3.63, 3.8) is 0 Å². The first kappa shape index (κ1) is 16.0. The van der Waals surface area contributed by atoms with Gasteiger partial charge in [0.25, 0.3) is 0 Å². The third-order valence-corrected chi connectivity index (χ3v) is 2.45. The number of amides is 1. The van der Waals surface area contributed by atoms with Crippen LogP contribution in [0.15, 0.2) is 18.2 Å². The van der Waals surface area contributed by atoms with Crippen LogP contribution in [0.2, 0.25) is 5.02 Å². The summed E-state index contributed by atoms with van der Waals surface area (Å²) in [5, 5.41) is 10.6. The molecule has 20 heavy (non-hydrogen) atoms. The van der Waals surface area contributed by atoms with Crippen molar-refractivity contribution in [3.8, 4) is 0 Å². The average molecular weight is 310 g/mol. The lowest BCUT2D eigenvalue weighted by Crippen LogP contribution is -2.28. The zero-order valence-corrected chi connectivity index (χ0v) is 10.4. The fourth-order valence-electron chi connectivity index (χ4n) is 1.19. The number of hydrogen-bond donors (Lipinski definition) is 2. The van der Waals surface area contributed by atoms with Gasteiger partial charge in [-0.15, -0.1) is 0 Å². The Morgan fingerprint density at radius 3 is 2.35 bits per heavy atom. The van der Waals surface area contributed by atoms with Crippen LogP contribution in [0.1, 0.15) is 16.8 Å². The number of rotatable bonds is 4. The van der Waals surface area contributed by atoms with Crippen LogP contribution in [-0.2, 0) is 9.59 Å². The maximum absolute atomic E-state index is 12.0. The molecule has 0 bridgehead atoms. The van der Waals surface area contributed by atoms with E-state index in [9.17, 15) is 27.6 Å². The van der Waals surface area contributed by atoms with Gasteiger partial charge in [0.2, 0.25) is 11.7 Å². The summed E-state index contributed by atoms with van der Waals surface area (Å²) in [7, 11) is 0. The molecule has 0 aliphatic rings. The Morgan fingerprint density at radius 1 is 1.25 bits per heavy atom. The highest BCUT2D eigenvalue weighted by molar-refractivity contribution is 6.34. The van der Waals surface area contributed by atoms with E-state index in [4.69, 9.17) is 16.7 Å². The van der Waals surface area contributed by atoms with Gasteiger partial charge in [0.05, 0.1) is 22.7 Å². The number of benzene rings is 1. The molecule has 1 amide bonds. The molecule has 0 spiro atoms. The summed E-state index contributed by atoms with van der Waals surface area (Å²) in [5.74, 6) is -4.75. The van der Waals surface area contributed by atoms with Gasteiger partial charge >= 0.3 is 12.1 Å². The second-order valence-electron chi connectivity index (χ2n) is 3.65. The number of carbonyl (C=O) groups is 3. The summed E-state index contributed by atoms with van der Waals surface area (Å²) >= 11 is 5.66. The fraction of sp³-hybridized carbons (Fsp3) is 0.182. The van der Waals surface area contributed by atoms with Crippen molar-refractivity contribution in [2.45, 2.75) is 12.6 Å². The molecule has 1 aromatic rings. The summed E-state index contributed by atoms with van der Waals surface area (Å²) in [6.45, 7) is 0. The van der Waals surface area contributed by atoms with Gasteiger partial charge in [-0.2, -0.15) is 13.2 Å². The quantitative estimate of drug-likeness (QED) is 0.837. The number of aromatic carboxylic acids is 1. The summed E-state index contributed by atoms with van der Waals surface area (Å²) in [6.07, 6.45) is -6.51. The topological polar surface area (TPSA) is 83.5 Å². The van der Waals surface area contributed by atoms with E-state index in [2.05, 4.69) is 0 Å². The maximum Gasteiger partial charge on any atom is 0.450 e. The summed E-state index contributed by atoms with van der Waals surface area (Å²) in [4.78, 5) is 32.6. The van der Waals surface area contributed by atoms with Gasteiger partial charge in [-0.05, 0) is 18.2 Å². The van der Waals surface area contributed by atoms with Crippen molar-refractivity contribution < 1.29 is 32.7 Å². The summed E-state index contributed by atoms with van der Waals surface area (Å²) in [6, 6.07) is 3.29. The molecule has 0 saturated heterocycles. The standard InChI is InChI=1S/C11H7ClF3NO4/c12-6-2-1-5(10(19)20)3-7(6)16-9(18)4-8(17)11(13,14)15/h1-3H,4H2,(H,16,18)(H,19,20). The van der Waals surface area contributed by atoms with E-state index in [0.29, 0.717) is 0 Å². The molecule has 0 aromatic heterocycles. The van der Waals surface area contributed by atoms with Crippen molar-refractivity contribution in [1.29, 1.82) is 0 Å². The van der Waals surface area contributed by atoms with Gasteiger partial charge in [0, 0.05) is 0 Å². The Bertz CT molecular complexity index is 571. The molecule has 0 aliphatic heterocycles. The van der Waals surface area contributed by atoms with Crippen LogP contribution < -0.4 is 5.32 Å². The van der Waals surface area contributed by atoms with E-state index < -0.39 is 30.3 Å². The van der Waals surface area contributed by atoms with Crippen LogP contribution in [0.25, 0.3) is 0 Å². The van der Waals surface area contributed by atoms with Crippen molar-refractivity contribution >= 4 is 34.9 Å². The number of carbonyl (C=O) groups excluding carboxylic acids is 2. The smallest absolute Gasteiger partial charge is 0.450 e. The summed E-state index contributed by atoms with van der Waals surface area (Å²) in [5.41, 5.74) is -0.404. The van der Waals surface area contributed by atoms with E-state index in [1.165, 1.54) is 0 Å². The van der Waals surface area contributed by atoms with Gasteiger partial charge in [-0.1, -0.05) is 11.6 Å². The van der Waals surface area contributed by atoms with Crippen molar-refractivity contribution in [3.05, 3.63) is 28.8 Å². The van der Waals surface area contributed by atoms with Gasteiger partial charge in [-0.25, -0.2) is 4.79 Å². The third-order valence-electron chi connectivity index (χ3n) is 2.12. The van der Waals surface area contributed by atoms with E-state index in [0.717, 1.165) is 18.2 Å². The van der Waals surface area contributed by atoms with E-state index in [1.807, 2.05) is 5.32 Å². The van der Waals surface area contributed by atoms with Crippen molar-refractivity contribution in [1.82, 2.24) is 0 Å². The molecule has 0 atom stereocenters. The molecule has 5 nitrogen and oxygen atoms in total. The first-order chi connectivity index (χ1) is 9.11. The lowest BCUT2D eigenvalue weighted by atomic mass is 10.2. The molecule has 0 heterocycles. The lowest BCUT2D eigenvalue weighted by molar-refractivity contribution is -0.171. The SMILES string of the molecule is O=C(CC(=O)C(F)(F)F)Nc1cc(C(=O)O)ccc1Cl. The molecule has 108 valence electrons. The largest absolute Gasteiger partial charge is 0.478 e. The Labute approximate surface area is 115 Å². The average Bonchev–Trinajstić information content (AvgIpc) is 2.30. The number of nitrogens with one attached hydrogen (secondary N) is 1. The van der Waals surface area contributed by atoms with Crippen molar-refractivity contribution in [2.75, 3.05) is 5.32 Å². The molecule has 1 aromatic carbocycles. The Kier molecular flexibility index (Phi) is 4.72. The fourth-order valence-corrected chi connectivity index (χ4v) is 1.36. The maximum atomic E-state index is 12.0. The van der Waals surface area contributed by atoms with Crippen LogP contribution in [0.4, 0.5) is 18.9 Å². The van der Waals surface area contributed by atoms with Gasteiger partial charge in [-0.3, -0.25) is 9.59 Å². The molecular weight excluding hydrogens is 303 g/mol. The number of ketones is 1. The molecule has 1 rings (SSSR count). The molecule has 0 saturated carbocycles. The monoisotopic (exact) mass is 309 g/mol. The highest BCUT2D eigenvalue weighted by atomic mass is 35.5. The molecule has 0 fully saturated rings. The zero-order valence-electron chi connectivity index (χ0n) is 9.62. The normalized spacial score (nSPS) is 11.0. The number of Topliss-reactive ketones (excluding diaryl/α,β-unsaturated/α-hetero) is 1. The minimum Gasteiger partial charge on any atom is -0.478 e. The molecule has 0 aliphatic carbocycles.